The van der Waals surface area contributed by atoms with Crippen molar-refractivity contribution in [2.75, 3.05) is 19.7 Å². The number of likely N-dealkylation sites (N-methyl/N-ethyl adjacent to an activating group) is 1. The van der Waals surface area contributed by atoms with Crippen molar-refractivity contribution in [2.24, 2.45) is 0 Å². The molecule has 0 bridgehead atoms. The molecule has 0 fully saturated rings. The van der Waals surface area contributed by atoms with Crippen molar-refractivity contribution < 1.29 is 14.3 Å². The van der Waals surface area contributed by atoms with Crippen molar-refractivity contribution in [1.82, 2.24) is 5.32 Å². The van der Waals surface area contributed by atoms with Gasteiger partial charge >= 0.3 is 5.97 Å². The van der Waals surface area contributed by atoms with Gasteiger partial charge in [-0.05, 0) is 6.54 Å². The van der Waals surface area contributed by atoms with E-state index in [0.29, 0.717) is 6.61 Å². The number of esters is 1. The van der Waals surface area contributed by atoms with E-state index in [-0.39, 0.29) is 19.2 Å². The summed E-state index contributed by atoms with van der Waals surface area (Å²) >= 11 is 0. The normalized spacial score (nSPS) is 9.08. The van der Waals surface area contributed by atoms with Crippen LogP contribution in [0.4, 0.5) is 0 Å². The van der Waals surface area contributed by atoms with E-state index < -0.39 is 0 Å². The number of ether oxygens (including phenoxy) is 1. The molecule has 0 aromatic heterocycles. The minimum Gasteiger partial charge on any atom is -0.465 e. The third-order valence-electron chi connectivity index (χ3n) is 2.91. The molecule has 0 aliphatic rings. The zero-order valence-corrected chi connectivity index (χ0v) is 13.6. The highest BCUT2D eigenvalue weighted by atomic mass is 16.5. The maximum absolute atomic E-state index is 11.8. The lowest BCUT2D eigenvalue weighted by Gasteiger charge is -2.00. The van der Waals surface area contributed by atoms with Gasteiger partial charge in [0.15, 0.2) is 5.78 Å². The molecule has 4 nitrogen and oxygen atoms in total. The van der Waals surface area contributed by atoms with Crippen LogP contribution in [0.3, 0.4) is 0 Å². The molecule has 0 atom stereocenters. The van der Waals surface area contributed by atoms with Crippen LogP contribution in [0.25, 0.3) is 0 Å². The van der Waals surface area contributed by atoms with Crippen LogP contribution in [0.5, 0.6) is 0 Å². The van der Waals surface area contributed by atoms with Crippen LogP contribution in [0.15, 0.2) is 60.7 Å². The summed E-state index contributed by atoms with van der Waals surface area (Å²) in [7, 11) is 0. The number of carbonyl (C=O) groups is 2. The Hall–Kier alpha value is -2.46. The highest BCUT2D eigenvalue weighted by Crippen LogP contribution is 2.08. The number of hydrogen-bond acceptors (Lipinski definition) is 4. The van der Waals surface area contributed by atoms with Crippen LogP contribution in [0.1, 0.15) is 37.2 Å². The quantitative estimate of drug-likeness (QED) is 0.499. The Kier molecular flexibility index (Phi) is 11.7. The molecule has 2 aromatic rings. The van der Waals surface area contributed by atoms with E-state index in [2.05, 4.69) is 10.1 Å². The summed E-state index contributed by atoms with van der Waals surface area (Å²) in [6.45, 7) is 5.56. The SMILES string of the molecule is C.CCNCCOC(C)=O.O=C(c1ccccc1)c1ccccc1. The largest absolute Gasteiger partial charge is 0.465 e. The van der Waals surface area contributed by atoms with Crippen LogP contribution < -0.4 is 5.32 Å². The molecule has 1 N–H and O–H groups in total. The van der Waals surface area contributed by atoms with Crippen LogP contribution in [-0.4, -0.2) is 31.4 Å². The summed E-state index contributed by atoms with van der Waals surface area (Å²) in [4.78, 5) is 22.0. The first-order valence-electron chi connectivity index (χ1n) is 7.64. The van der Waals surface area contributed by atoms with Gasteiger partial charge in [0, 0.05) is 24.6 Å². The summed E-state index contributed by atoms with van der Waals surface area (Å²) in [5.74, 6) is -0.140. The average Bonchev–Trinajstić information content (AvgIpc) is 2.60. The van der Waals surface area contributed by atoms with Gasteiger partial charge in [0.25, 0.3) is 0 Å². The van der Waals surface area contributed by atoms with Crippen molar-refractivity contribution in [1.29, 1.82) is 0 Å². The number of carbonyl (C=O) groups excluding carboxylic acids is 2. The first-order chi connectivity index (χ1) is 11.1. The maximum atomic E-state index is 11.8. The Bertz CT molecular complexity index is 541. The van der Waals surface area contributed by atoms with Crippen LogP contribution in [0.2, 0.25) is 0 Å². The van der Waals surface area contributed by atoms with Gasteiger partial charge in [-0.15, -0.1) is 0 Å². The molecule has 0 unspecified atom stereocenters. The fourth-order valence-corrected chi connectivity index (χ4v) is 1.79. The number of hydrogen-bond donors (Lipinski definition) is 1. The molecule has 0 saturated carbocycles. The first kappa shape index (κ1) is 21.5. The molecular weight excluding hydrogens is 302 g/mol. The second-order valence-electron chi connectivity index (χ2n) is 4.75. The van der Waals surface area contributed by atoms with Crippen molar-refractivity contribution in [3.8, 4) is 0 Å². The average molecular weight is 329 g/mol. The molecule has 0 aliphatic carbocycles. The monoisotopic (exact) mass is 329 g/mol. The van der Waals surface area contributed by atoms with Gasteiger partial charge in [0.1, 0.15) is 6.61 Å². The molecular formula is C20H27NO3. The van der Waals surface area contributed by atoms with Gasteiger partial charge in [-0.3, -0.25) is 9.59 Å². The standard InChI is InChI=1S/C13H10O.C6H13NO2.CH4/c14-13(11-7-3-1-4-8-11)12-9-5-2-6-10-12;1-3-7-4-5-9-6(2)8;/h1-10H;7H,3-5H2,1-2H3;1H4. The van der Waals surface area contributed by atoms with E-state index in [1.807, 2.05) is 67.6 Å². The van der Waals surface area contributed by atoms with Crippen molar-refractivity contribution in [3.05, 3.63) is 71.8 Å². The third kappa shape index (κ3) is 8.86. The van der Waals surface area contributed by atoms with Crippen LogP contribution in [0, 0.1) is 0 Å². The number of rotatable bonds is 6. The Balaban J connectivity index is 0.000000468. The molecule has 4 heteroatoms. The second-order valence-corrected chi connectivity index (χ2v) is 4.75. The van der Waals surface area contributed by atoms with E-state index in [4.69, 9.17) is 0 Å². The highest BCUT2D eigenvalue weighted by Gasteiger charge is 2.06. The molecule has 0 saturated heterocycles. The lowest BCUT2D eigenvalue weighted by Crippen LogP contribution is -2.19. The minimum absolute atomic E-state index is 0. The topological polar surface area (TPSA) is 55.4 Å². The Morgan fingerprint density at radius 1 is 0.917 bits per heavy atom. The molecule has 2 rings (SSSR count). The Morgan fingerprint density at radius 2 is 1.38 bits per heavy atom. The number of nitrogens with one attached hydrogen (secondary N) is 1. The van der Waals surface area contributed by atoms with Gasteiger partial charge in [-0.1, -0.05) is 75.0 Å². The number of ketones is 1. The highest BCUT2D eigenvalue weighted by molar-refractivity contribution is 6.08. The summed E-state index contributed by atoms with van der Waals surface area (Å²) in [5, 5.41) is 3.03. The molecule has 130 valence electrons. The van der Waals surface area contributed by atoms with Gasteiger partial charge in [0.2, 0.25) is 0 Å². The predicted molar refractivity (Wildman–Crippen MR) is 98.2 cm³/mol. The van der Waals surface area contributed by atoms with Crippen LogP contribution in [-0.2, 0) is 9.53 Å². The zero-order valence-electron chi connectivity index (χ0n) is 13.6. The van der Waals surface area contributed by atoms with Crippen molar-refractivity contribution in [3.63, 3.8) is 0 Å². The summed E-state index contributed by atoms with van der Waals surface area (Å²) in [5.41, 5.74) is 1.47. The van der Waals surface area contributed by atoms with Gasteiger partial charge in [-0.25, -0.2) is 0 Å². The number of benzene rings is 2. The van der Waals surface area contributed by atoms with E-state index in [1.165, 1.54) is 6.92 Å². The van der Waals surface area contributed by atoms with Crippen LogP contribution >= 0.6 is 0 Å². The second kappa shape index (κ2) is 13.0. The maximum Gasteiger partial charge on any atom is 0.302 e. The third-order valence-corrected chi connectivity index (χ3v) is 2.91. The minimum atomic E-state index is -0.215. The van der Waals surface area contributed by atoms with Crippen molar-refractivity contribution >= 4 is 11.8 Å². The molecule has 0 amide bonds. The zero-order chi connectivity index (χ0) is 16.9. The fourth-order valence-electron chi connectivity index (χ4n) is 1.79. The molecule has 0 heterocycles. The van der Waals surface area contributed by atoms with E-state index in [1.54, 1.807) is 0 Å². The fraction of sp³-hybridized carbons (Fsp3) is 0.300. The summed E-state index contributed by atoms with van der Waals surface area (Å²) in [6, 6.07) is 18.6. The first-order valence-corrected chi connectivity index (χ1v) is 7.64. The summed E-state index contributed by atoms with van der Waals surface area (Å²) in [6.07, 6.45) is 0. The van der Waals surface area contributed by atoms with Gasteiger partial charge in [-0.2, -0.15) is 0 Å². The Morgan fingerprint density at radius 3 is 1.75 bits per heavy atom. The lowest BCUT2D eigenvalue weighted by atomic mass is 10.0. The molecule has 0 radical (unpaired) electrons. The Labute approximate surface area is 144 Å². The predicted octanol–water partition coefficient (Wildman–Crippen LogP) is 3.71. The van der Waals surface area contributed by atoms with E-state index >= 15 is 0 Å². The van der Waals surface area contributed by atoms with Crippen molar-refractivity contribution in [2.45, 2.75) is 21.3 Å². The van der Waals surface area contributed by atoms with E-state index in [0.717, 1.165) is 24.2 Å². The smallest absolute Gasteiger partial charge is 0.302 e. The summed E-state index contributed by atoms with van der Waals surface area (Å²) < 4.78 is 4.64. The van der Waals surface area contributed by atoms with E-state index in [9.17, 15) is 9.59 Å². The van der Waals surface area contributed by atoms with Gasteiger partial charge in [0.05, 0.1) is 0 Å². The molecule has 0 spiro atoms. The molecule has 0 aliphatic heterocycles. The molecule has 24 heavy (non-hydrogen) atoms. The van der Waals surface area contributed by atoms with Gasteiger partial charge < -0.3 is 10.1 Å². The molecule has 2 aromatic carbocycles. The lowest BCUT2D eigenvalue weighted by molar-refractivity contribution is -0.140.